The van der Waals surface area contributed by atoms with Gasteiger partial charge in [-0.1, -0.05) is 17.3 Å². The highest BCUT2D eigenvalue weighted by Crippen LogP contribution is 2.41. The van der Waals surface area contributed by atoms with Crippen molar-refractivity contribution >= 4 is 5.91 Å². The molecular formula is C19H23N3O3. The maximum absolute atomic E-state index is 12.5. The normalized spacial score (nSPS) is 23.6. The Morgan fingerprint density at radius 3 is 2.84 bits per heavy atom. The van der Waals surface area contributed by atoms with Crippen LogP contribution in [0.25, 0.3) is 0 Å². The van der Waals surface area contributed by atoms with Gasteiger partial charge in [-0.2, -0.15) is 0 Å². The Kier molecular flexibility index (Phi) is 4.21. The van der Waals surface area contributed by atoms with E-state index in [0.717, 1.165) is 18.7 Å². The predicted molar refractivity (Wildman–Crippen MR) is 92.6 cm³/mol. The van der Waals surface area contributed by atoms with E-state index in [1.807, 2.05) is 19.1 Å². The third-order valence-electron chi connectivity index (χ3n) is 5.06. The Bertz CT molecular complexity index is 769. The van der Waals surface area contributed by atoms with Gasteiger partial charge in [0.2, 0.25) is 5.76 Å². The first-order valence-corrected chi connectivity index (χ1v) is 8.79. The average molecular weight is 341 g/mol. The van der Waals surface area contributed by atoms with E-state index in [2.05, 4.69) is 27.5 Å². The van der Waals surface area contributed by atoms with Crippen molar-refractivity contribution in [1.82, 2.24) is 15.4 Å². The summed E-state index contributed by atoms with van der Waals surface area (Å²) in [7, 11) is 1.68. The van der Waals surface area contributed by atoms with Gasteiger partial charge < -0.3 is 14.6 Å². The zero-order valence-electron chi connectivity index (χ0n) is 14.6. The maximum Gasteiger partial charge on any atom is 0.290 e. The average Bonchev–Trinajstić information content (AvgIpc) is 3.24. The van der Waals surface area contributed by atoms with Gasteiger partial charge in [-0.3, -0.25) is 9.69 Å². The second kappa shape index (κ2) is 6.52. The van der Waals surface area contributed by atoms with Gasteiger partial charge in [-0.15, -0.1) is 0 Å². The second-order valence-corrected chi connectivity index (χ2v) is 6.89. The van der Waals surface area contributed by atoms with E-state index in [9.17, 15) is 4.79 Å². The molecule has 6 heteroatoms. The van der Waals surface area contributed by atoms with Crippen LogP contribution in [0.15, 0.2) is 34.9 Å². The molecule has 0 spiro atoms. The lowest BCUT2D eigenvalue weighted by Gasteiger charge is -2.29. The van der Waals surface area contributed by atoms with Crippen LogP contribution in [0.3, 0.4) is 0 Å². The number of aromatic nitrogens is 1. The molecule has 2 aromatic rings. The zero-order valence-corrected chi connectivity index (χ0v) is 14.6. The van der Waals surface area contributed by atoms with Crippen LogP contribution < -0.4 is 10.1 Å². The van der Waals surface area contributed by atoms with E-state index in [-0.39, 0.29) is 23.8 Å². The molecule has 1 aromatic carbocycles. The number of carbonyl (C=O) groups is 1. The Morgan fingerprint density at radius 1 is 1.32 bits per heavy atom. The fourth-order valence-corrected chi connectivity index (χ4v) is 3.74. The number of hydrogen-bond donors (Lipinski definition) is 1. The molecule has 2 heterocycles. The fourth-order valence-electron chi connectivity index (χ4n) is 3.74. The number of carbonyl (C=O) groups excluding carboxylic acids is 1. The third kappa shape index (κ3) is 3.26. The van der Waals surface area contributed by atoms with Crippen LogP contribution in [0.2, 0.25) is 0 Å². The summed E-state index contributed by atoms with van der Waals surface area (Å²) >= 11 is 0. The molecule has 2 aliphatic rings. The lowest BCUT2D eigenvalue weighted by atomic mass is 9.99. The van der Waals surface area contributed by atoms with Crippen LogP contribution in [-0.2, 0) is 0 Å². The molecular weight excluding hydrogens is 318 g/mol. The van der Waals surface area contributed by atoms with Gasteiger partial charge >= 0.3 is 0 Å². The summed E-state index contributed by atoms with van der Waals surface area (Å²) < 4.78 is 10.5. The highest BCUT2D eigenvalue weighted by molar-refractivity contribution is 5.91. The van der Waals surface area contributed by atoms with Crippen LogP contribution in [0.4, 0.5) is 0 Å². The summed E-state index contributed by atoms with van der Waals surface area (Å²) in [6.45, 7) is 2.80. The highest BCUT2D eigenvalue weighted by atomic mass is 16.5. The zero-order chi connectivity index (χ0) is 17.4. The van der Waals surface area contributed by atoms with Gasteiger partial charge in [-0.05, 0) is 43.9 Å². The first-order chi connectivity index (χ1) is 12.2. The van der Waals surface area contributed by atoms with Gasteiger partial charge in [0, 0.05) is 18.7 Å². The van der Waals surface area contributed by atoms with Gasteiger partial charge in [-0.25, -0.2) is 0 Å². The van der Waals surface area contributed by atoms with Gasteiger partial charge in [0.05, 0.1) is 24.9 Å². The smallest absolute Gasteiger partial charge is 0.290 e. The van der Waals surface area contributed by atoms with E-state index in [1.54, 1.807) is 13.2 Å². The SMILES string of the molecule is COc1cccc([C@@H]2[C@@H](NC(=O)c3cc(C)no3)CCN2C2CC2)c1. The van der Waals surface area contributed by atoms with Crippen LogP contribution >= 0.6 is 0 Å². The molecule has 1 amide bonds. The van der Waals surface area contributed by atoms with Crippen molar-refractivity contribution in [2.45, 2.75) is 44.3 Å². The molecule has 1 saturated carbocycles. The predicted octanol–water partition coefficient (Wildman–Crippen LogP) is 2.70. The van der Waals surface area contributed by atoms with Crippen molar-refractivity contribution in [3.8, 4) is 5.75 Å². The van der Waals surface area contributed by atoms with Gasteiger partial charge in [0.25, 0.3) is 5.91 Å². The van der Waals surface area contributed by atoms with Crippen LogP contribution in [0, 0.1) is 6.92 Å². The van der Waals surface area contributed by atoms with Crippen molar-refractivity contribution in [2.24, 2.45) is 0 Å². The van der Waals surface area contributed by atoms with Gasteiger partial charge in [0.15, 0.2) is 0 Å². The Morgan fingerprint density at radius 2 is 2.16 bits per heavy atom. The molecule has 25 heavy (non-hydrogen) atoms. The first kappa shape index (κ1) is 16.1. The van der Waals surface area contributed by atoms with Crippen molar-refractivity contribution in [1.29, 1.82) is 0 Å². The summed E-state index contributed by atoms with van der Waals surface area (Å²) in [4.78, 5) is 15.0. The monoisotopic (exact) mass is 341 g/mol. The Hall–Kier alpha value is -2.34. The second-order valence-electron chi connectivity index (χ2n) is 6.89. The summed E-state index contributed by atoms with van der Waals surface area (Å²) in [5.41, 5.74) is 1.89. The summed E-state index contributed by atoms with van der Waals surface area (Å²) in [5, 5.41) is 6.95. The molecule has 0 unspecified atom stereocenters. The molecule has 1 aliphatic heterocycles. The number of amides is 1. The molecule has 0 radical (unpaired) electrons. The third-order valence-corrected chi connectivity index (χ3v) is 5.06. The van der Waals surface area contributed by atoms with Crippen LogP contribution in [0.5, 0.6) is 5.75 Å². The van der Waals surface area contributed by atoms with E-state index in [4.69, 9.17) is 9.26 Å². The van der Waals surface area contributed by atoms with Gasteiger partial charge in [0.1, 0.15) is 5.75 Å². The summed E-state index contributed by atoms with van der Waals surface area (Å²) in [5.74, 6) is 0.916. The van der Waals surface area contributed by atoms with E-state index in [0.29, 0.717) is 11.7 Å². The van der Waals surface area contributed by atoms with Crippen molar-refractivity contribution in [2.75, 3.05) is 13.7 Å². The van der Waals surface area contributed by atoms with Crippen molar-refractivity contribution in [3.63, 3.8) is 0 Å². The number of rotatable bonds is 5. The number of hydrogen-bond acceptors (Lipinski definition) is 5. The number of aryl methyl sites for hydroxylation is 1. The lowest BCUT2D eigenvalue weighted by molar-refractivity contribution is 0.0886. The minimum absolute atomic E-state index is 0.0469. The van der Waals surface area contributed by atoms with E-state index in [1.165, 1.54) is 18.4 Å². The molecule has 132 valence electrons. The topological polar surface area (TPSA) is 67.6 Å². The molecule has 6 nitrogen and oxygen atoms in total. The van der Waals surface area contributed by atoms with E-state index >= 15 is 0 Å². The number of nitrogens with one attached hydrogen (secondary N) is 1. The maximum atomic E-state index is 12.5. The minimum Gasteiger partial charge on any atom is -0.497 e. The largest absolute Gasteiger partial charge is 0.497 e. The number of ether oxygens (including phenoxy) is 1. The van der Waals surface area contributed by atoms with E-state index < -0.39 is 0 Å². The Labute approximate surface area is 147 Å². The first-order valence-electron chi connectivity index (χ1n) is 8.79. The molecule has 1 saturated heterocycles. The number of nitrogens with zero attached hydrogens (tertiary/aromatic N) is 2. The molecule has 1 aromatic heterocycles. The standard InChI is InChI=1S/C19H23N3O3/c1-12-10-17(25-21-12)19(23)20-16-8-9-22(14-6-7-14)18(16)13-4-3-5-15(11-13)24-2/h3-5,10-11,14,16,18H,6-9H2,1-2H3,(H,20,23)/t16-,18+/m0/s1. The quantitative estimate of drug-likeness (QED) is 0.906. The fraction of sp³-hybridized carbons (Fsp3) is 0.474. The molecule has 1 N–H and O–H groups in total. The molecule has 4 rings (SSSR count). The Balaban J connectivity index is 1.58. The lowest BCUT2D eigenvalue weighted by Crippen LogP contribution is -2.40. The highest BCUT2D eigenvalue weighted by Gasteiger charge is 2.43. The molecule has 2 fully saturated rings. The molecule has 0 bridgehead atoms. The summed E-state index contributed by atoms with van der Waals surface area (Å²) in [6.07, 6.45) is 3.40. The van der Waals surface area contributed by atoms with Crippen molar-refractivity contribution < 1.29 is 14.1 Å². The number of benzene rings is 1. The molecule has 1 aliphatic carbocycles. The minimum atomic E-state index is -0.198. The number of likely N-dealkylation sites (tertiary alicyclic amines) is 1. The van der Waals surface area contributed by atoms with Crippen LogP contribution in [0.1, 0.15) is 47.1 Å². The van der Waals surface area contributed by atoms with Crippen molar-refractivity contribution in [3.05, 3.63) is 47.3 Å². The number of methoxy groups -OCH3 is 1. The molecule has 2 atom stereocenters. The van der Waals surface area contributed by atoms with Crippen LogP contribution in [-0.4, -0.2) is 41.7 Å². The summed E-state index contributed by atoms with van der Waals surface area (Å²) in [6, 6.07) is 10.7.